The molecule has 1 aliphatic heterocycles. The highest BCUT2D eigenvalue weighted by Crippen LogP contribution is 2.32. The zero-order valence-electron chi connectivity index (χ0n) is 23.5. The summed E-state index contributed by atoms with van der Waals surface area (Å²) in [5.74, 6) is 3.33. The Bertz CT molecular complexity index is 1580. The van der Waals surface area contributed by atoms with Crippen LogP contribution in [0.1, 0.15) is 33.6 Å². The van der Waals surface area contributed by atoms with Crippen molar-refractivity contribution in [2.45, 2.75) is 46.3 Å². The minimum Gasteiger partial charge on any atom is -0.488 e. The van der Waals surface area contributed by atoms with Crippen LogP contribution in [-0.2, 0) is 11.3 Å². The van der Waals surface area contributed by atoms with E-state index in [1.165, 1.54) is 6.08 Å². The molecule has 2 aromatic heterocycles. The lowest BCUT2D eigenvalue weighted by molar-refractivity contribution is -0.0591. The normalized spacial score (nSPS) is 15.0. The number of anilines is 2. The number of benzene rings is 2. The molecular formula is C33H34ClFN4O2. The van der Waals surface area contributed by atoms with Gasteiger partial charge in [0.25, 0.3) is 0 Å². The van der Waals surface area contributed by atoms with Crippen molar-refractivity contribution in [1.29, 1.82) is 0 Å². The van der Waals surface area contributed by atoms with E-state index in [2.05, 4.69) is 62.8 Å². The maximum absolute atomic E-state index is 13.3. The van der Waals surface area contributed by atoms with Gasteiger partial charge < -0.3 is 19.4 Å². The van der Waals surface area contributed by atoms with Gasteiger partial charge >= 0.3 is 0 Å². The molecule has 1 fully saturated rings. The zero-order chi connectivity index (χ0) is 29.2. The molecule has 0 amide bonds. The van der Waals surface area contributed by atoms with Crippen molar-refractivity contribution in [3.05, 3.63) is 89.8 Å². The number of ether oxygens (including phenoxy) is 2. The molecule has 1 unspecified atom stereocenters. The Morgan fingerprint density at radius 3 is 2.76 bits per heavy atom. The van der Waals surface area contributed by atoms with Crippen LogP contribution in [-0.4, -0.2) is 33.9 Å². The number of allylic oxidation sites excluding steroid dienone is 3. The standard InChI is InChI=1S/C30H30ClFN4O2.C3H4/c1-3-23(32)6-4-20(2)18-38-29-9-7-24(15-27(29)31)35-30-26-14-21(5-8-28(26)33-19-34-30)22-10-12-36(16-22)17-25-11-13-37-25;1-3-2/h3-5,7-10,12,14-16,19,25H,6,11,13,17-18H2,1-2H3,(H,33,34,35);1H,2H3/b20-4+,23-3+;. The third-order valence-electron chi connectivity index (χ3n) is 6.54. The average molecular weight is 573 g/mol. The SMILES string of the molecule is C#CC.C/C=C(/F)C/C=C(\C)COc1ccc(Nc2ncnc3ccc(-c4ccn(CC5CCO5)c4)cc23)cc1Cl. The molecule has 41 heavy (non-hydrogen) atoms. The van der Waals surface area contributed by atoms with Gasteiger partial charge in [-0.3, -0.25) is 0 Å². The van der Waals surface area contributed by atoms with Gasteiger partial charge in [0.15, 0.2) is 0 Å². The quantitative estimate of drug-likeness (QED) is 0.152. The van der Waals surface area contributed by atoms with Gasteiger partial charge in [0.05, 0.1) is 22.5 Å². The van der Waals surface area contributed by atoms with Crippen LogP contribution in [0, 0.1) is 12.3 Å². The summed E-state index contributed by atoms with van der Waals surface area (Å²) in [7, 11) is 0. The molecule has 1 N–H and O–H groups in total. The molecule has 0 saturated carbocycles. The van der Waals surface area contributed by atoms with Gasteiger partial charge in [-0.2, -0.15) is 0 Å². The summed E-state index contributed by atoms with van der Waals surface area (Å²) in [4.78, 5) is 8.93. The highest BCUT2D eigenvalue weighted by atomic mass is 35.5. The molecule has 6 nitrogen and oxygen atoms in total. The van der Waals surface area contributed by atoms with Crippen LogP contribution < -0.4 is 10.1 Å². The minimum absolute atomic E-state index is 0.167. The fourth-order valence-corrected chi connectivity index (χ4v) is 4.43. The second-order valence-electron chi connectivity index (χ2n) is 9.67. The van der Waals surface area contributed by atoms with E-state index in [0.717, 1.165) is 52.9 Å². The van der Waals surface area contributed by atoms with E-state index in [9.17, 15) is 4.39 Å². The van der Waals surface area contributed by atoms with Crippen LogP contribution in [0.25, 0.3) is 22.0 Å². The summed E-state index contributed by atoms with van der Waals surface area (Å²) >= 11 is 6.51. The summed E-state index contributed by atoms with van der Waals surface area (Å²) in [5.41, 5.74) is 4.76. The Morgan fingerprint density at radius 2 is 2.05 bits per heavy atom. The van der Waals surface area contributed by atoms with Crippen LogP contribution in [0.15, 0.2) is 84.7 Å². The molecule has 4 aromatic rings. The van der Waals surface area contributed by atoms with Crippen molar-refractivity contribution in [3.8, 4) is 29.2 Å². The fraction of sp³-hybridized carbons (Fsp3) is 0.273. The monoisotopic (exact) mass is 572 g/mol. The highest BCUT2D eigenvalue weighted by Gasteiger charge is 2.18. The molecule has 3 heterocycles. The van der Waals surface area contributed by atoms with E-state index in [1.54, 1.807) is 26.2 Å². The van der Waals surface area contributed by atoms with Crippen LogP contribution in [0.5, 0.6) is 5.75 Å². The molecule has 5 rings (SSSR count). The Kier molecular flexibility index (Phi) is 10.6. The van der Waals surface area contributed by atoms with E-state index in [4.69, 9.17) is 21.1 Å². The number of halogens is 2. The first-order valence-electron chi connectivity index (χ1n) is 13.5. The van der Waals surface area contributed by atoms with Crippen LogP contribution in [0.2, 0.25) is 5.02 Å². The fourth-order valence-electron chi connectivity index (χ4n) is 4.20. The lowest BCUT2D eigenvalue weighted by Crippen LogP contribution is -2.30. The largest absolute Gasteiger partial charge is 0.488 e. The van der Waals surface area contributed by atoms with Gasteiger partial charge in [-0.1, -0.05) is 29.8 Å². The number of terminal acetylenes is 1. The second-order valence-corrected chi connectivity index (χ2v) is 10.1. The van der Waals surface area contributed by atoms with Crippen molar-refractivity contribution in [2.24, 2.45) is 0 Å². The van der Waals surface area contributed by atoms with E-state index in [1.807, 2.05) is 31.2 Å². The number of hydrogen-bond acceptors (Lipinski definition) is 5. The number of hydrogen-bond donors (Lipinski definition) is 1. The molecule has 212 valence electrons. The Labute approximate surface area is 245 Å². The number of nitrogens with zero attached hydrogens (tertiary/aromatic N) is 3. The van der Waals surface area contributed by atoms with Crippen molar-refractivity contribution in [3.63, 3.8) is 0 Å². The Morgan fingerprint density at radius 1 is 1.24 bits per heavy atom. The number of nitrogens with one attached hydrogen (secondary N) is 1. The van der Waals surface area contributed by atoms with E-state index in [-0.39, 0.29) is 12.2 Å². The molecular weight excluding hydrogens is 539 g/mol. The van der Waals surface area contributed by atoms with Crippen molar-refractivity contribution < 1.29 is 13.9 Å². The van der Waals surface area contributed by atoms with Gasteiger partial charge in [0.2, 0.25) is 0 Å². The Balaban J connectivity index is 0.00000124. The summed E-state index contributed by atoms with van der Waals surface area (Å²) in [5, 5.41) is 4.75. The predicted molar refractivity (Wildman–Crippen MR) is 165 cm³/mol. The number of rotatable bonds is 10. The molecule has 0 aliphatic carbocycles. The highest BCUT2D eigenvalue weighted by molar-refractivity contribution is 6.32. The summed E-state index contributed by atoms with van der Waals surface area (Å²) in [6.45, 7) is 7.29. The molecule has 0 bridgehead atoms. The molecule has 0 radical (unpaired) electrons. The van der Waals surface area contributed by atoms with Gasteiger partial charge in [-0.15, -0.1) is 12.3 Å². The van der Waals surface area contributed by atoms with Crippen LogP contribution >= 0.6 is 11.6 Å². The molecule has 1 saturated heterocycles. The first kappa shape index (κ1) is 29.9. The summed E-state index contributed by atoms with van der Waals surface area (Å²) in [6.07, 6.45) is 15.3. The third-order valence-corrected chi connectivity index (χ3v) is 6.83. The van der Waals surface area contributed by atoms with Gasteiger partial charge in [0.1, 0.15) is 24.5 Å². The van der Waals surface area contributed by atoms with Gasteiger partial charge in [0, 0.05) is 43.0 Å². The average Bonchev–Trinajstić information content (AvgIpc) is 3.42. The third kappa shape index (κ3) is 8.20. The number of aromatic nitrogens is 3. The van der Waals surface area contributed by atoms with Gasteiger partial charge in [-0.25, -0.2) is 14.4 Å². The second kappa shape index (κ2) is 14.5. The lowest BCUT2D eigenvalue weighted by atomic mass is 10.1. The van der Waals surface area contributed by atoms with E-state index < -0.39 is 0 Å². The first-order chi connectivity index (χ1) is 19.9. The Hall–Kier alpha value is -4.12. The lowest BCUT2D eigenvalue weighted by Gasteiger charge is -2.26. The molecule has 2 aromatic carbocycles. The predicted octanol–water partition coefficient (Wildman–Crippen LogP) is 8.51. The van der Waals surface area contributed by atoms with Crippen LogP contribution in [0.3, 0.4) is 0 Å². The summed E-state index contributed by atoms with van der Waals surface area (Å²) in [6, 6.07) is 13.8. The van der Waals surface area contributed by atoms with Gasteiger partial charge in [-0.05, 0) is 80.3 Å². The topological polar surface area (TPSA) is 61.2 Å². The molecule has 1 atom stereocenters. The summed E-state index contributed by atoms with van der Waals surface area (Å²) < 4.78 is 26.9. The maximum Gasteiger partial charge on any atom is 0.141 e. The van der Waals surface area contributed by atoms with Crippen molar-refractivity contribution in [2.75, 3.05) is 18.5 Å². The molecule has 0 spiro atoms. The zero-order valence-corrected chi connectivity index (χ0v) is 24.3. The van der Waals surface area contributed by atoms with Crippen molar-refractivity contribution >= 4 is 34.0 Å². The van der Waals surface area contributed by atoms with Crippen molar-refractivity contribution in [1.82, 2.24) is 14.5 Å². The smallest absolute Gasteiger partial charge is 0.141 e. The van der Waals surface area contributed by atoms with E-state index in [0.29, 0.717) is 29.3 Å². The van der Waals surface area contributed by atoms with E-state index >= 15 is 0 Å². The first-order valence-corrected chi connectivity index (χ1v) is 13.8. The minimum atomic E-state index is -0.167. The molecule has 1 aliphatic rings. The maximum atomic E-state index is 13.3. The molecule has 8 heteroatoms. The number of fused-ring (bicyclic) bond motifs is 1. The van der Waals surface area contributed by atoms with Crippen LogP contribution in [0.4, 0.5) is 15.9 Å².